The smallest absolute Gasteiger partial charge is 0.247 e. The summed E-state index contributed by atoms with van der Waals surface area (Å²) in [6, 6.07) is 5.64. The quantitative estimate of drug-likeness (QED) is 0.710. The van der Waals surface area contributed by atoms with E-state index in [-0.39, 0.29) is 6.54 Å². The summed E-state index contributed by atoms with van der Waals surface area (Å²) in [6.07, 6.45) is -1.16. The van der Waals surface area contributed by atoms with Gasteiger partial charge >= 0.3 is 0 Å². The largest absolute Gasteiger partial charge is 0.496 e. The molecule has 0 fully saturated rings. The second-order valence-corrected chi connectivity index (χ2v) is 4.37. The summed E-state index contributed by atoms with van der Waals surface area (Å²) >= 11 is 3.38. The molecule has 94 valence electrons. The number of nitrogens with two attached hydrogens (primary N) is 1. The number of halogens is 1. The number of hydrogen-bond donors (Lipinski definition) is 3. The Kier molecular flexibility index (Phi) is 5.40. The average molecular weight is 303 g/mol. The first-order chi connectivity index (χ1) is 8.04. The fraction of sp³-hybridized carbons (Fsp3) is 0.364. The molecular formula is C11H15BrN2O3. The Morgan fingerprint density at radius 1 is 1.65 bits per heavy atom. The van der Waals surface area contributed by atoms with Gasteiger partial charge in [-0.1, -0.05) is 6.07 Å². The maximum Gasteiger partial charge on any atom is 0.247 e. The van der Waals surface area contributed by atoms with Crippen LogP contribution in [0.4, 0.5) is 0 Å². The molecule has 0 aromatic heterocycles. The molecule has 0 aliphatic carbocycles. The van der Waals surface area contributed by atoms with E-state index >= 15 is 0 Å². The number of carbonyl (C=O) groups is 1. The summed E-state index contributed by atoms with van der Waals surface area (Å²) in [5.41, 5.74) is 5.93. The van der Waals surface area contributed by atoms with Crippen LogP contribution in [0.15, 0.2) is 22.7 Å². The molecule has 1 rings (SSSR count). The Morgan fingerprint density at radius 2 is 2.35 bits per heavy atom. The summed E-state index contributed by atoms with van der Waals surface area (Å²) < 4.78 is 5.96. The second-order valence-electron chi connectivity index (χ2n) is 3.52. The van der Waals surface area contributed by atoms with Crippen molar-refractivity contribution in [2.75, 3.05) is 13.7 Å². The first kappa shape index (κ1) is 14.0. The SMILES string of the molecule is COc1ccc(CNCC(O)C(N)=O)cc1Br. The van der Waals surface area contributed by atoms with E-state index in [4.69, 9.17) is 10.5 Å². The standard InChI is InChI=1S/C11H15BrN2O3/c1-17-10-3-2-7(4-8(10)12)5-14-6-9(15)11(13)16/h2-4,9,14-15H,5-6H2,1H3,(H2,13,16). The zero-order valence-electron chi connectivity index (χ0n) is 9.44. The van der Waals surface area contributed by atoms with Gasteiger partial charge in [0.25, 0.3) is 0 Å². The minimum atomic E-state index is -1.16. The van der Waals surface area contributed by atoms with Crippen molar-refractivity contribution in [3.05, 3.63) is 28.2 Å². The zero-order chi connectivity index (χ0) is 12.8. The van der Waals surface area contributed by atoms with Gasteiger partial charge in [-0.3, -0.25) is 4.79 Å². The monoisotopic (exact) mass is 302 g/mol. The molecule has 0 radical (unpaired) electrons. The molecule has 1 atom stereocenters. The molecule has 0 spiro atoms. The zero-order valence-corrected chi connectivity index (χ0v) is 11.0. The van der Waals surface area contributed by atoms with Gasteiger partial charge in [0.05, 0.1) is 11.6 Å². The molecule has 0 aliphatic rings. The maximum atomic E-state index is 10.6. The molecule has 0 saturated carbocycles. The van der Waals surface area contributed by atoms with E-state index in [0.29, 0.717) is 6.54 Å². The van der Waals surface area contributed by atoms with Crippen molar-refractivity contribution in [3.63, 3.8) is 0 Å². The number of nitrogens with one attached hydrogen (secondary N) is 1. The molecule has 6 heteroatoms. The number of primary amides is 1. The molecule has 17 heavy (non-hydrogen) atoms. The summed E-state index contributed by atoms with van der Waals surface area (Å²) in [4.78, 5) is 10.6. The Hall–Kier alpha value is -1.11. The maximum absolute atomic E-state index is 10.6. The van der Waals surface area contributed by atoms with E-state index in [2.05, 4.69) is 21.2 Å². The van der Waals surface area contributed by atoms with Gasteiger partial charge in [-0.2, -0.15) is 0 Å². The Morgan fingerprint density at radius 3 is 2.88 bits per heavy atom. The molecule has 1 amide bonds. The molecule has 1 aromatic carbocycles. The molecule has 5 nitrogen and oxygen atoms in total. The minimum Gasteiger partial charge on any atom is -0.496 e. The fourth-order valence-corrected chi connectivity index (χ4v) is 1.86. The van der Waals surface area contributed by atoms with E-state index in [0.717, 1.165) is 15.8 Å². The van der Waals surface area contributed by atoms with Crippen LogP contribution in [0.3, 0.4) is 0 Å². The molecule has 0 saturated heterocycles. The number of amides is 1. The van der Waals surface area contributed by atoms with Crippen molar-refractivity contribution < 1.29 is 14.6 Å². The van der Waals surface area contributed by atoms with Crippen LogP contribution in [0.25, 0.3) is 0 Å². The number of ether oxygens (including phenoxy) is 1. The predicted molar refractivity (Wildman–Crippen MR) is 67.6 cm³/mol. The van der Waals surface area contributed by atoms with Gasteiger partial charge in [-0.25, -0.2) is 0 Å². The van der Waals surface area contributed by atoms with Gasteiger partial charge in [-0.15, -0.1) is 0 Å². The Labute approximate surface area is 108 Å². The van der Waals surface area contributed by atoms with Crippen molar-refractivity contribution in [2.24, 2.45) is 5.73 Å². The summed E-state index contributed by atoms with van der Waals surface area (Å²) in [6.45, 7) is 0.673. The molecular weight excluding hydrogens is 288 g/mol. The van der Waals surface area contributed by atoms with E-state index in [1.54, 1.807) is 7.11 Å². The lowest BCUT2D eigenvalue weighted by Gasteiger charge is -2.09. The van der Waals surface area contributed by atoms with Crippen molar-refractivity contribution in [1.29, 1.82) is 0 Å². The van der Waals surface area contributed by atoms with Gasteiger partial charge in [0.2, 0.25) is 5.91 Å². The summed E-state index contributed by atoms with van der Waals surface area (Å²) in [7, 11) is 1.60. The number of methoxy groups -OCH3 is 1. The fourth-order valence-electron chi connectivity index (χ4n) is 1.27. The third kappa shape index (κ3) is 4.33. The highest BCUT2D eigenvalue weighted by Crippen LogP contribution is 2.25. The lowest BCUT2D eigenvalue weighted by Crippen LogP contribution is -2.37. The Bertz CT molecular complexity index is 398. The highest BCUT2D eigenvalue weighted by molar-refractivity contribution is 9.10. The number of carbonyl (C=O) groups excluding carboxylic acids is 1. The van der Waals surface area contributed by atoms with Crippen LogP contribution in [-0.4, -0.2) is 30.8 Å². The van der Waals surface area contributed by atoms with Crippen molar-refractivity contribution >= 4 is 21.8 Å². The van der Waals surface area contributed by atoms with Crippen LogP contribution >= 0.6 is 15.9 Å². The minimum absolute atomic E-state index is 0.138. The van der Waals surface area contributed by atoms with Crippen LogP contribution in [0.5, 0.6) is 5.75 Å². The number of rotatable bonds is 6. The van der Waals surface area contributed by atoms with E-state index < -0.39 is 12.0 Å². The van der Waals surface area contributed by atoms with E-state index in [9.17, 15) is 9.90 Å². The predicted octanol–water partition coefficient (Wildman–Crippen LogP) is 0.394. The lowest BCUT2D eigenvalue weighted by molar-refractivity contribution is -0.125. The van der Waals surface area contributed by atoms with Crippen molar-refractivity contribution in [1.82, 2.24) is 5.32 Å². The molecule has 4 N–H and O–H groups in total. The highest BCUT2D eigenvalue weighted by atomic mass is 79.9. The van der Waals surface area contributed by atoms with Crippen LogP contribution in [-0.2, 0) is 11.3 Å². The first-order valence-electron chi connectivity index (χ1n) is 5.05. The van der Waals surface area contributed by atoms with Gasteiger partial charge in [0.15, 0.2) is 0 Å². The molecule has 0 aliphatic heterocycles. The van der Waals surface area contributed by atoms with Gasteiger partial charge in [-0.05, 0) is 33.6 Å². The normalized spacial score (nSPS) is 12.2. The topological polar surface area (TPSA) is 84.6 Å². The van der Waals surface area contributed by atoms with Crippen LogP contribution in [0, 0.1) is 0 Å². The third-order valence-electron chi connectivity index (χ3n) is 2.21. The molecule has 1 unspecified atom stereocenters. The van der Waals surface area contributed by atoms with Gasteiger partial charge in [0, 0.05) is 13.1 Å². The van der Waals surface area contributed by atoms with Gasteiger partial charge < -0.3 is 20.9 Å². The number of aliphatic hydroxyl groups excluding tert-OH is 1. The van der Waals surface area contributed by atoms with Crippen LogP contribution in [0.2, 0.25) is 0 Å². The van der Waals surface area contributed by atoms with Crippen LogP contribution < -0.4 is 15.8 Å². The van der Waals surface area contributed by atoms with E-state index in [1.165, 1.54) is 0 Å². The third-order valence-corrected chi connectivity index (χ3v) is 2.83. The molecule has 0 heterocycles. The average Bonchev–Trinajstić information content (AvgIpc) is 2.29. The number of benzene rings is 1. The number of hydrogen-bond acceptors (Lipinski definition) is 4. The summed E-state index contributed by atoms with van der Waals surface area (Å²) in [5, 5.41) is 12.1. The first-order valence-corrected chi connectivity index (χ1v) is 5.84. The Balaban J connectivity index is 2.47. The number of aliphatic hydroxyl groups is 1. The lowest BCUT2D eigenvalue weighted by atomic mass is 10.2. The second kappa shape index (κ2) is 6.58. The van der Waals surface area contributed by atoms with Crippen molar-refractivity contribution in [3.8, 4) is 5.75 Å². The van der Waals surface area contributed by atoms with Crippen molar-refractivity contribution in [2.45, 2.75) is 12.6 Å². The van der Waals surface area contributed by atoms with Crippen LogP contribution in [0.1, 0.15) is 5.56 Å². The highest BCUT2D eigenvalue weighted by Gasteiger charge is 2.09. The van der Waals surface area contributed by atoms with Gasteiger partial charge in [0.1, 0.15) is 11.9 Å². The summed E-state index contributed by atoms with van der Waals surface area (Å²) in [5.74, 6) is 0.0272. The molecule has 0 bridgehead atoms. The van der Waals surface area contributed by atoms with E-state index in [1.807, 2.05) is 18.2 Å². The molecule has 1 aromatic rings.